The van der Waals surface area contributed by atoms with Crippen LogP contribution in [0.3, 0.4) is 0 Å². The fraction of sp³-hybridized carbons (Fsp3) is 0.364. The fourth-order valence-corrected chi connectivity index (χ4v) is 3.90. The topological polar surface area (TPSA) is 72.4 Å². The van der Waals surface area contributed by atoms with E-state index in [0.717, 1.165) is 53.0 Å². The predicted octanol–water partition coefficient (Wildman–Crippen LogP) is 2.95. The van der Waals surface area contributed by atoms with Gasteiger partial charge < -0.3 is 14.6 Å². The first-order valence-electron chi connectivity index (χ1n) is 9.58. The van der Waals surface area contributed by atoms with Gasteiger partial charge in [0, 0.05) is 28.4 Å². The first kappa shape index (κ1) is 22.4. The minimum Gasteiger partial charge on any atom is -0.508 e. The van der Waals surface area contributed by atoms with Gasteiger partial charge in [-0.25, -0.2) is 4.84 Å². The van der Waals surface area contributed by atoms with Gasteiger partial charge in [-0.3, -0.25) is 9.74 Å². The second-order valence-electron chi connectivity index (χ2n) is 6.63. The van der Waals surface area contributed by atoms with E-state index in [4.69, 9.17) is 14.3 Å². The van der Waals surface area contributed by atoms with E-state index in [1.807, 2.05) is 31.2 Å². The fourth-order valence-electron chi connectivity index (χ4n) is 2.89. The second-order valence-corrected chi connectivity index (χ2v) is 7.78. The molecule has 0 saturated carbocycles. The van der Waals surface area contributed by atoms with Gasteiger partial charge in [0.2, 0.25) is 6.79 Å². The third-order valence-corrected chi connectivity index (χ3v) is 5.29. The molecular formula is C22H26N2O5S. The van der Waals surface area contributed by atoms with Crippen LogP contribution in [0, 0.1) is 18.8 Å². The largest absolute Gasteiger partial charge is 0.508 e. The van der Waals surface area contributed by atoms with E-state index in [9.17, 15) is 5.11 Å². The molecule has 0 atom stereocenters. The lowest BCUT2D eigenvalue weighted by molar-refractivity contribution is -0.186. The van der Waals surface area contributed by atoms with Crippen LogP contribution in [0.15, 0.2) is 46.2 Å². The van der Waals surface area contributed by atoms with Crippen LogP contribution in [0.25, 0.3) is 0 Å². The number of aromatic hydroxyl groups is 1. The van der Waals surface area contributed by atoms with Crippen molar-refractivity contribution in [3.05, 3.63) is 47.5 Å². The summed E-state index contributed by atoms with van der Waals surface area (Å²) in [5.74, 6) is 7.28. The van der Waals surface area contributed by atoms with E-state index in [2.05, 4.69) is 27.2 Å². The average Bonchev–Trinajstić information content (AvgIpc) is 2.73. The number of phenols is 1. The highest BCUT2D eigenvalue weighted by molar-refractivity contribution is 7.99. The van der Waals surface area contributed by atoms with Crippen LogP contribution in [-0.4, -0.2) is 56.8 Å². The molecule has 1 aliphatic heterocycles. The van der Waals surface area contributed by atoms with E-state index >= 15 is 0 Å². The van der Waals surface area contributed by atoms with E-state index in [1.54, 1.807) is 23.9 Å². The minimum atomic E-state index is 0.0280. The molecule has 0 bridgehead atoms. The van der Waals surface area contributed by atoms with Crippen LogP contribution in [0.5, 0.6) is 11.5 Å². The van der Waals surface area contributed by atoms with Gasteiger partial charge >= 0.3 is 0 Å². The normalized spacial score (nSPS) is 14.2. The van der Waals surface area contributed by atoms with Crippen LogP contribution >= 0.6 is 11.8 Å². The summed E-state index contributed by atoms with van der Waals surface area (Å²) in [4.78, 5) is 13.7. The molecule has 0 amide bonds. The van der Waals surface area contributed by atoms with Crippen molar-refractivity contribution in [2.45, 2.75) is 16.7 Å². The number of rotatable bonds is 8. The summed E-state index contributed by atoms with van der Waals surface area (Å²) in [5.41, 5.74) is 4.03. The van der Waals surface area contributed by atoms with E-state index in [-0.39, 0.29) is 12.5 Å². The molecule has 1 heterocycles. The Hall–Kier alpha value is -2.25. The molecule has 0 unspecified atom stereocenters. The van der Waals surface area contributed by atoms with Crippen molar-refractivity contribution >= 4 is 11.8 Å². The Kier molecular flexibility index (Phi) is 8.83. The van der Waals surface area contributed by atoms with Crippen LogP contribution in [0.4, 0.5) is 0 Å². The molecule has 160 valence electrons. The van der Waals surface area contributed by atoms with Gasteiger partial charge in [-0.15, -0.1) is 0 Å². The summed E-state index contributed by atoms with van der Waals surface area (Å²) >= 11 is 1.56. The summed E-state index contributed by atoms with van der Waals surface area (Å²) in [7, 11) is 1.46. The van der Waals surface area contributed by atoms with E-state index < -0.39 is 0 Å². The lowest BCUT2D eigenvalue weighted by atomic mass is 10.2. The highest BCUT2D eigenvalue weighted by atomic mass is 32.2. The molecule has 2 aromatic carbocycles. The molecule has 1 saturated heterocycles. The Morgan fingerprint density at radius 3 is 2.77 bits per heavy atom. The molecule has 0 radical (unpaired) electrons. The van der Waals surface area contributed by atoms with Gasteiger partial charge in [-0.1, -0.05) is 29.2 Å². The molecule has 2 aromatic rings. The van der Waals surface area contributed by atoms with Crippen molar-refractivity contribution in [1.29, 1.82) is 0 Å². The lowest BCUT2D eigenvalue weighted by Crippen LogP contribution is -2.36. The van der Waals surface area contributed by atoms with Crippen LogP contribution in [-0.2, 0) is 14.4 Å². The van der Waals surface area contributed by atoms with E-state index in [1.165, 1.54) is 7.11 Å². The Bertz CT molecular complexity index is 891. The molecule has 8 heteroatoms. The SMILES string of the molecule is CONOCOc1ccc(Sc2cc(O)cc(C#CCN3CCOCC3)c2)cc1C. The third-order valence-electron chi connectivity index (χ3n) is 4.33. The molecule has 0 spiro atoms. The van der Waals surface area contributed by atoms with Crippen molar-refractivity contribution in [3.63, 3.8) is 0 Å². The first-order chi connectivity index (χ1) is 14.6. The van der Waals surface area contributed by atoms with Gasteiger partial charge in [-0.05, 0) is 48.9 Å². The standard InChI is InChI=1S/C22H26N2O5S/c1-17-12-20(5-6-22(17)28-16-29-23-26-2)30-21-14-18(13-19(25)15-21)4-3-7-24-8-10-27-11-9-24/h5-6,12-15,23,25H,7-11,16H2,1-2H3. The molecule has 7 nitrogen and oxygen atoms in total. The van der Waals surface area contributed by atoms with Crippen molar-refractivity contribution in [1.82, 2.24) is 10.5 Å². The molecular weight excluding hydrogens is 404 g/mol. The number of aryl methyl sites for hydroxylation is 1. The molecule has 3 rings (SSSR count). The number of ether oxygens (including phenoxy) is 2. The lowest BCUT2D eigenvalue weighted by Gasteiger charge is -2.24. The number of nitrogens with one attached hydrogen (secondary N) is 1. The molecule has 1 aliphatic rings. The molecule has 2 N–H and O–H groups in total. The molecule has 1 fully saturated rings. The maximum absolute atomic E-state index is 10.1. The smallest absolute Gasteiger partial charge is 0.210 e. The highest BCUT2D eigenvalue weighted by Gasteiger charge is 2.08. The Labute approximate surface area is 181 Å². The van der Waals surface area contributed by atoms with Crippen molar-refractivity contribution in [2.24, 2.45) is 0 Å². The zero-order valence-corrected chi connectivity index (χ0v) is 18.0. The summed E-state index contributed by atoms with van der Waals surface area (Å²) < 4.78 is 10.9. The van der Waals surface area contributed by atoms with Gasteiger partial charge in [-0.2, -0.15) is 0 Å². The van der Waals surface area contributed by atoms with Gasteiger partial charge in [0.1, 0.15) is 11.5 Å². The van der Waals surface area contributed by atoms with E-state index in [0.29, 0.717) is 6.54 Å². The van der Waals surface area contributed by atoms with Gasteiger partial charge in [0.15, 0.2) is 0 Å². The summed E-state index contributed by atoms with van der Waals surface area (Å²) in [5, 5.41) is 10.1. The highest BCUT2D eigenvalue weighted by Crippen LogP contribution is 2.33. The maximum Gasteiger partial charge on any atom is 0.210 e. The van der Waals surface area contributed by atoms with Gasteiger partial charge in [0.05, 0.1) is 26.9 Å². The Morgan fingerprint density at radius 2 is 2.00 bits per heavy atom. The molecule has 30 heavy (non-hydrogen) atoms. The average molecular weight is 431 g/mol. The Balaban J connectivity index is 1.61. The number of morpholine rings is 1. The summed E-state index contributed by atoms with van der Waals surface area (Å²) in [6.07, 6.45) is 0. The van der Waals surface area contributed by atoms with Crippen molar-refractivity contribution in [2.75, 3.05) is 46.8 Å². The predicted molar refractivity (Wildman–Crippen MR) is 114 cm³/mol. The van der Waals surface area contributed by atoms with Gasteiger partial charge in [0.25, 0.3) is 0 Å². The molecule has 0 aliphatic carbocycles. The first-order valence-corrected chi connectivity index (χ1v) is 10.4. The maximum atomic E-state index is 10.1. The zero-order valence-electron chi connectivity index (χ0n) is 17.1. The van der Waals surface area contributed by atoms with Crippen LogP contribution in [0.1, 0.15) is 11.1 Å². The van der Waals surface area contributed by atoms with Crippen LogP contribution in [0.2, 0.25) is 0 Å². The minimum absolute atomic E-state index is 0.0280. The third kappa shape index (κ3) is 7.22. The monoisotopic (exact) mass is 430 g/mol. The zero-order chi connectivity index (χ0) is 21.2. The molecule has 0 aromatic heterocycles. The number of hydrogen-bond acceptors (Lipinski definition) is 8. The number of phenolic OH excluding ortho intramolecular Hbond substituents is 1. The van der Waals surface area contributed by atoms with Crippen molar-refractivity contribution in [3.8, 4) is 23.3 Å². The van der Waals surface area contributed by atoms with Crippen LogP contribution < -0.4 is 10.4 Å². The second kappa shape index (κ2) is 11.8. The number of hydrogen-bond donors (Lipinski definition) is 2. The summed E-state index contributed by atoms with van der Waals surface area (Å²) in [6.45, 7) is 6.03. The quantitative estimate of drug-likeness (QED) is 0.287. The van der Waals surface area contributed by atoms with Crippen molar-refractivity contribution < 1.29 is 24.3 Å². The number of benzene rings is 2. The Morgan fingerprint density at radius 1 is 1.17 bits per heavy atom. The number of nitrogens with zero attached hydrogens (tertiary/aromatic N) is 1. The summed E-state index contributed by atoms with van der Waals surface area (Å²) in [6, 6.07) is 11.3.